The van der Waals surface area contributed by atoms with Crippen LogP contribution in [0.5, 0.6) is 23.0 Å². The van der Waals surface area contributed by atoms with E-state index in [1.165, 1.54) is 21.3 Å². The Morgan fingerprint density at radius 2 is 1.56 bits per heavy atom. The zero-order chi connectivity index (χ0) is 19.6. The monoisotopic (exact) mass is 374 g/mol. The molecule has 0 bridgehead atoms. The van der Waals surface area contributed by atoms with Crippen molar-refractivity contribution in [3.05, 3.63) is 48.0 Å². The van der Waals surface area contributed by atoms with Gasteiger partial charge in [0.25, 0.3) is 0 Å². The van der Waals surface area contributed by atoms with Crippen LogP contribution in [0.3, 0.4) is 0 Å². The maximum atomic E-state index is 12.3. The highest BCUT2D eigenvalue weighted by Gasteiger charge is 2.16. The Balaban J connectivity index is 1.82. The topological polar surface area (TPSA) is 80.3 Å². The van der Waals surface area contributed by atoms with Gasteiger partial charge in [0.1, 0.15) is 11.5 Å². The maximum Gasteiger partial charge on any atom is 0.309 e. The zero-order valence-electron chi connectivity index (χ0n) is 15.5. The van der Waals surface area contributed by atoms with Gasteiger partial charge in [-0.2, -0.15) is 0 Å². The lowest BCUT2D eigenvalue weighted by Crippen LogP contribution is -2.16. The van der Waals surface area contributed by atoms with Gasteiger partial charge in [0.2, 0.25) is 5.78 Å². The summed E-state index contributed by atoms with van der Waals surface area (Å²) in [7, 11) is 4.51. The lowest BCUT2D eigenvalue weighted by atomic mass is 10.1. The third kappa shape index (κ3) is 5.64. The zero-order valence-corrected chi connectivity index (χ0v) is 15.5. The first kappa shape index (κ1) is 20.1. The maximum absolute atomic E-state index is 12.3. The highest BCUT2D eigenvalue weighted by atomic mass is 16.5. The standard InChI is InChI=1S/C20H22O7/c1-23-14-8-9-15(19(12-14)25-3)16(21)13-27-20(22)10-11-26-18-7-5-4-6-17(18)24-2/h4-9,12H,10-11,13H2,1-3H3. The molecule has 0 heterocycles. The molecule has 0 unspecified atom stereocenters. The van der Waals surface area contributed by atoms with E-state index in [4.69, 9.17) is 23.7 Å². The van der Waals surface area contributed by atoms with Crippen molar-refractivity contribution in [2.24, 2.45) is 0 Å². The molecule has 0 aliphatic heterocycles. The van der Waals surface area contributed by atoms with E-state index < -0.39 is 5.97 Å². The van der Waals surface area contributed by atoms with Crippen molar-refractivity contribution < 1.29 is 33.3 Å². The summed E-state index contributed by atoms with van der Waals surface area (Å²) < 4.78 is 26.0. The summed E-state index contributed by atoms with van der Waals surface area (Å²) >= 11 is 0. The summed E-state index contributed by atoms with van der Waals surface area (Å²) in [6.07, 6.45) is 0.00504. The molecule has 0 aromatic heterocycles. The van der Waals surface area contributed by atoms with Crippen molar-refractivity contribution in [3.8, 4) is 23.0 Å². The third-order valence-electron chi connectivity index (χ3n) is 3.71. The first-order valence-corrected chi connectivity index (χ1v) is 8.25. The SMILES string of the molecule is COc1ccc(C(=O)COC(=O)CCOc2ccccc2OC)c(OC)c1. The number of hydrogen-bond donors (Lipinski definition) is 0. The van der Waals surface area contributed by atoms with Crippen LogP contribution in [0.2, 0.25) is 0 Å². The number of ether oxygens (including phenoxy) is 5. The van der Waals surface area contributed by atoms with Crippen LogP contribution < -0.4 is 18.9 Å². The lowest BCUT2D eigenvalue weighted by Gasteiger charge is -2.11. The minimum Gasteiger partial charge on any atom is -0.497 e. The molecule has 0 aliphatic carbocycles. The first-order valence-electron chi connectivity index (χ1n) is 8.25. The fourth-order valence-corrected chi connectivity index (χ4v) is 2.31. The number of hydrogen-bond acceptors (Lipinski definition) is 7. The molecule has 0 fully saturated rings. The van der Waals surface area contributed by atoms with Gasteiger partial charge in [-0.05, 0) is 24.3 Å². The summed E-state index contributed by atoms with van der Waals surface area (Å²) in [4.78, 5) is 24.1. The van der Waals surface area contributed by atoms with Gasteiger partial charge in [-0.1, -0.05) is 12.1 Å². The minimum atomic E-state index is -0.536. The van der Waals surface area contributed by atoms with Crippen LogP contribution in [-0.2, 0) is 9.53 Å². The van der Waals surface area contributed by atoms with E-state index in [0.717, 1.165) is 0 Å². The Morgan fingerprint density at radius 1 is 0.852 bits per heavy atom. The molecule has 0 radical (unpaired) electrons. The van der Waals surface area contributed by atoms with Gasteiger partial charge in [-0.25, -0.2) is 0 Å². The van der Waals surface area contributed by atoms with E-state index in [2.05, 4.69) is 0 Å². The number of carbonyl (C=O) groups excluding carboxylic acids is 2. The van der Waals surface area contributed by atoms with E-state index in [-0.39, 0.29) is 25.4 Å². The van der Waals surface area contributed by atoms with E-state index in [1.54, 1.807) is 36.4 Å². The second-order valence-electron chi connectivity index (χ2n) is 5.40. The Hall–Kier alpha value is -3.22. The summed E-state index contributed by atoms with van der Waals surface area (Å²) in [6.45, 7) is -0.268. The van der Waals surface area contributed by atoms with Gasteiger partial charge in [0.05, 0.1) is 39.9 Å². The molecule has 27 heavy (non-hydrogen) atoms. The molecular formula is C20H22O7. The molecule has 7 nitrogen and oxygen atoms in total. The second kappa shape index (κ2) is 10.1. The number of esters is 1. The number of rotatable bonds is 10. The number of carbonyl (C=O) groups is 2. The van der Waals surface area contributed by atoms with Gasteiger partial charge in [0, 0.05) is 6.07 Å². The first-order chi connectivity index (χ1) is 13.1. The predicted molar refractivity (Wildman–Crippen MR) is 97.9 cm³/mol. The van der Waals surface area contributed by atoms with Crippen molar-refractivity contribution in [1.29, 1.82) is 0 Å². The van der Waals surface area contributed by atoms with Crippen molar-refractivity contribution in [3.63, 3.8) is 0 Å². The fourth-order valence-electron chi connectivity index (χ4n) is 2.31. The largest absolute Gasteiger partial charge is 0.497 e. The van der Waals surface area contributed by atoms with Crippen molar-refractivity contribution in [2.75, 3.05) is 34.5 Å². The highest BCUT2D eigenvalue weighted by molar-refractivity contribution is 6.00. The van der Waals surface area contributed by atoms with Gasteiger partial charge in [-0.15, -0.1) is 0 Å². The number of methoxy groups -OCH3 is 3. The van der Waals surface area contributed by atoms with Crippen LogP contribution in [-0.4, -0.2) is 46.3 Å². The molecule has 0 spiro atoms. The Labute approximate surface area is 157 Å². The van der Waals surface area contributed by atoms with Crippen molar-refractivity contribution in [1.82, 2.24) is 0 Å². The van der Waals surface area contributed by atoms with Crippen LogP contribution in [0.1, 0.15) is 16.8 Å². The van der Waals surface area contributed by atoms with Crippen LogP contribution >= 0.6 is 0 Å². The quantitative estimate of drug-likeness (QED) is 0.467. The normalized spacial score (nSPS) is 10.0. The summed E-state index contributed by atoms with van der Waals surface area (Å²) in [5, 5.41) is 0. The Morgan fingerprint density at radius 3 is 2.22 bits per heavy atom. The van der Waals surface area contributed by atoms with E-state index in [1.807, 2.05) is 6.07 Å². The predicted octanol–water partition coefficient (Wildman–Crippen LogP) is 2.91. The molecule has 0 saturated carbocycles. The molecule has 7 heteroatoms. The van der Waals surface area contributed by atoms with Gasteiger partial charge < -0.3 is 23.7 Å². The molecule has 2 aromatic rings. The van der Waals surface area contributed by atoms with E-state index in [0.29, 0.717) is 28.6 Å². The Kier molecular flexibility index (Phi) is 7.49. The van der Waals surface area contributed by atoms with Gasteiger partial charge in [0.15, 0.2) is 18.1 Å². The van der Waals surface area contributed by atoms with Crippen molar-refractivity contribution >= 4 is 11.8 Å². The number of ketones is 1. The van der Waals surface area contributed by atoms with Gasteiger partial charge >= 0.3 is 5.97 Å². The second-order valence-corrected chi connectivity index (χ2v) is 5.40. The highest BCUT2D eigenvalue weighted by Crippen LogP contribution is 2.26. The summed E-state index contributed by atoms with van der Waals surface area (Å²) in [5.41, 5.74) is 0.316. The Bertz CT molecular complexity index is 786. The van der Waals surface area contributed by atoms with Gasteiger partial charge in [-0.3, -0.25) is 9.59 Å². The molecule has 2 rings (SSSR count). The smallest absolute Gasteiger partial charge is 0.309 e. The third-order valence-corrected chi connectivity index (χ3v) is 3.71. The number of benzene rings is 2. The molecule has 0 aliphatic rings. The minimum absolute atomic E-state index is 0.00504. The summed E-state index contributed by atoms with van der Waals surface area (Å²) in [6, 6.07) is 11.9. The fraction of sp³-hybridized carbons (Fsp3) is 0.300. The summed E-state index contributed by atoms with van der Waals surface area (Å²) in [5.74, 6) is 1.13. The molecular weight excluding hydrogens is 352 g/mol. The lowest BCUT2D eigenvalue weighted by molar-refractivity contribution is -0.143. The average Bonchev–Trinajstić information content (AvgIpc) is 2.71. The number of Topliss-reactive ketones (excluding diaryl/α,β-unsaturated/α-hetero) is 1. The van der Waals surface area contributed by atoms with E-state index in [9.17, 15) is 9.59 Å². The molecule has 0 atom stereocenters. The van der Waals surface area contributed by atoms with Crippen LogP contribution in [0.15, 0.2) is 42.5 Å². The average molecular weight is 374 g/mol. The number of para-hydroxylation sites is 2. The molecule has 0 saturated heterocycles. The molecule has 144 valence electrons. The van der Waals surface area contributed by atoms with Crippen LogP contribution in [0.4, 0.5) is 0 Å². The van der Waals surface area contributed by atoms with E-state index >= 15 is 0 Å². The van der Waals surface area contributed by atoms with Crippen LogP contribution in [0, 0.1) is 0 Å². The molecule has 0 N–H and O–H groups in total. The van der Waals surface area contributed by atoms with Crippen LogP contribution in [0.25, 0.3) is 0 Å². The molecule has 0 amide bonds. The molecule has 2 aromatic carbocycles. The van der Waals surface area contributed by atoms with Crippen molar-refractivity contribution in [2.45, 2.75) is 6.42 Å².